The summed E-state index contributed by atoms with van der Waals surface area (Å²) in [7, 11) is 0. The SMILES string of the molecule is N[C@H](CO)c1cc(Cl)nnc1Cl. The summed E-state index contributed by atoms with van der Waals surface area (Å²) >= 11 is 11.2. The van der Waals surface area contributed by atoms with Gasteiger partial charge in [-0.15, -0.1) is 10.2 Å². The van der Waals surface area contributed by atoms with Crippen molar-refractivity contribution in [1.82, 2.24) is 10.2 Å². The number of aliphatic hydroxyl groups excluding tert-OH is 1. The van der Waals surface area contributed by atoms with Gasteiger partial charge < -0.3 is 10.8 Å². The zero-order valence-corrected chi connectivity index (χ0v) is 7.55. The number of nitrogens with zero attached hydrogens (tertiary/aromatic N) is 2. The Balaban J connectivity index is 3.04. The number of aliphatic hydroxyl groups is 1. The van der Waals surface area contributed by atoms with E-state index in [1.165, 1.54) is 6.07 Å². The van der Waals surface area contributed by atoms with Crippen molar-refractivity contribution in [3.05, 3.63) is 21.9 Å². The number of rotatable bonds is 2. The van der Waals surface area contributed by atoms with Crippen LogP contribution in [0.3, 0.4) is 0 Å². The number of aromatic nitrogens is 2. The minimum Gasteiger partial charge on any atom is -0.394 e. The van der Waals surface area contributed by atoms with E-state index in [9.17, 15) is 0 Å². The minimum absolute atomic E-state index is 0.168. The lowest BCUT2D eigenvalue weighted by atomic mass is 10.1. The molecule has 1 atom stereocenters. The molecule has 0 aliphatic rings. The van der Waals surface area contributed by atoms with Gasteiger partial charge in [0.25, 0.3) is 0 Å². The van der Waals surface area contributed by atoms with E-state index in [0.717, 1.165) is 0 Å². The quantitative estimate of drug-likeness (QED) is 0.752. The second-order valence-electron chi connectivity index (χ2n) is 2.20. The van der Waals surface area contributed by atoms with Crippen molar-refractivity contribution in [3.63, 3.8) is 0 Å². The first-order valence-electron chi connectivity index (χ1n) is 3.20. The van der Waals surface area contributed by atoms with Gasteiger partial charge in [0.15, 0.2) is 10.3 Å². The van der Waals surface area contributed by atoms with Crippen LogP contribution in [-0.4, -0.2) is 21.9 Å². The zero-order chi connectivity index (χ0) is 9.14. The number of hydrogen-bond acceptors (Lipinski definition) is 4. The molecule has 0 saturated carbocycles. The van der Waals surface area contributed by atoms with Gasteiger partial charge in [-0.25, -0.2) is 0 Å². The lowest BCUT2D eigenvalue weighted by molar-refractivity contribution is 0.267. The summed E-state index contributed by atoms with van der Waals surface area (Å²) < 4.78 is 0. The summed E-state index contributed by atoms with van der Waals surface area (Å²) in [6.07, 6.45) is 0. The van der Waals surface area contributed by atoms with Gasteiger partial charge in [0.1, 0.15) is 0 Å². The summed E-state index contributed by atoms with van der Waals surface area (Å²) in [5.74, 6) is 0. The van der Waals surface area contributed by atoms with E-state index >= 15 is 0 Å². The van der Waals surface area contributed by atoms with Crippen LogP contribution in [0, 0.1) is 0 Å². The highest BCUT2D eigenvalue weighted by Gasteiger charge is 2.11. The first-order valence-corrected chi connectivity index (χ1v) is 3.95. The molecule has 0 aliphatic carbocycles. The molecule has 6 heteroatoms. The van der Waals surface area contributed by atoms with Gasteiger partial charge in [0, 0.05) is 5.56 Å². The molecule has 0 unspecified atom stereocenters. The highest BCUT2D eigenvalue weighted by molar-refractivity contribution is 6.31. The van der Waals surface area contributed by atoms with Crippen molar-refractivity contribution < 1.29 is 5.11 Å². The van der Waals surface area contributed by atoms with Gasteiger partial charge in [0.2, 0.25) is 0 Å². The van der Waals surface area contributed by atoms with Crippen LogP contribution >= 0.6 is 23.2 Å². The Kier molecular flexibility index (Phi) is 3.22. The normalized spacial score (nSPS) is 13.0. The first-order chi connectivity index (χ1) is 5.65. The second kappa shape index (κ2) is 4.00. The van der Waals surface area contributed by atoms with Gasteiger partial charge in [-0.3, -0.25) is 0 Å². The molecule has 1 aromatic heterocycles. The molecule has 0 fully saturated rings. The smallest absolute Gasteiger partial charge is 0.156 e. The molecule has 1 aromatic rings. The maximum absolute atomic E-state index is 8.73. The maximum Gasteiger partial charge on any atom is 0.156 e. The van der Waals surface area contributed by atoms with E-state index in [-0.39, 0.29) is 16.9 Å². The largest absolute Gasteiger partial charge is 0.394 e. The van der Waals surface area contributed by atoms with Crippen LogP contribution in [0.4, 0.5) is 0 Å². The van der Waals surface area contributed by atoms with E-state index in [1.54, 1.807) is 0 Å². The van der Waals surface area contributed by atoms with Crippen molar-refractivity contribution in [2.45, 2.75) is 6.04 Å². The standard InChI is InChI=1S/C6H7Cl2N3O/c7-5-1-3(4(9)2-12)6(8)11-10-5/h1,4,12H,2,9H2/t4-/m1/s1. The van der Waals surface area contributed by atoms with Crippen LogP contribution in [0.15, 0.2) is 6.07 Å². The summed E-state index contributed by atoms with van der Waals surface area (Å²) in [6.45, 7) is -0.207. The molecule has 0 bridgehead atoms. The van der Waals surface area contributed by atoms with Gasteiger partial charge in [-0.1, -0.05) is 23.2 Å². The fourth-order valence-corrected chi connectivity index (χ4v) is 1.11. The molecule has 0 amide bonds. The lowest BCUT2D eigenvalue weighted by Crippen LogP contribution is -2.15. The monoisotopic (exact) mass is 207 g/mol. The Bertz CT molecular complexity index is 281. The van der Waals surface area contributed by atoms with E-state index in [1.807, 2.05) is 0 Å². The van der Waals surface area contributed by atoms with E-state index < -0.39 is 6.04 Å². The highest BCUT2D eigenvalue weighted by Crippen LogP contribution is 2.20. The molecular weight excluding hydrogens is 201 g/mol. The Morgan fingerprint density at radius 2 is 2.17 bits per heavy atom. The molecular formula is C6H7Cl2N3O. The molecule has 1 rings (SSSR count). The van der Waals surface area contributed by atoms with Crippen LogP contribution in [0.25, 0.3) is 0 Å². The molecule has 0 spiro atoms. The molecule has 4 nitrogen and oxygen atoms in total. The maximum atomic E-state index is 8.73. The summed E-state index contributed by atoms with van der Waals surface area (Å²) in [4.78, 5) is 0. The molecule has 0 radical (unpaired) electrons. The highest BCUT2D eigenvalue weighted by atomic mass is 35.5. The summed E-state index contributed by atoms with van der Waals surface area (Å²) in [6, 6.07) is 0.920. The van der Waals surface area contributed by atoms with Crippen LogP contribution < -0.4 is 5.73 Å². The van der Waals surface area contributed by atoms with Crippen molar-refractivity contribution >= 4 is 23.2 Å². The Morgan fingerprint density at radius 3 is 2.75 bits per heavy atom. The van der Waals surface area contributed by atoms with Crippen LogP contribution in [0.1, 0.15) is 11.6 Å². The van der Waals surface area contributed by atoms with E-state index in [0.29, 0.717) is 5.56 Å². The molecule has 3 N–H and O–H groups in total. The molecule has 12 heavy (non-hydrogen) atoms. The average molecular weight is 208 g/mol. The molecule has 0 aromatic carbocycles. The van der Waals surface area contributed by atoms with Gasteiger partial charge in [-0.2, -0.15) is 0 Å². The van der Waals surface area contributed by atoms with Crippen LogP contribution in [-0.2, 0) is 0 Å². The Hall–Kier alpha value is -0.420. The van der Waals surface area contributed by atoms with Gasteiger partial charge in [0.05, 0.1) is 12.6 Å². The van der Waals surface area contributed by atoms with E-state index in [4.69, 9.17) is 34.0 Å². The summed E-state index contributed by atoms with van der Waals surface area (Å²) in [5.41, 5.74) is 6.00. The fraction of sp³-hybridized carbons (Fsp3) is 0.333. The Labute approximate surface area is 79.3 Å². The number of halogens is 2. The van der Waals surface area contributed by atoms with E-state index in [2.05, 4.69) is 10.2 Å². The predicted molar refractivity (Wildman–Crippen MR) is 46.1 cm³/mol. The Morgan fingerprint density at radius 1 is 1.50 bits per heavy atom. The van der Waals surface area contributed by atoms with Gasteiger partial charge in [-0.05, 0) is 6.07 Å². The van der Waals surface area contributed by atoms with Crippen LogP contribution in [0.5, 0.6) is 0 Å². The lowest BCUT2D eigenvalue weighted by Gasteiger charge is -2.08. The topological polar surface area (TPSA) is 72.0 Å². The molecule has 66 valence electrons. The fourth-order valence-electron chi connectivity index (χ4n) is 0.725. The van der Waals surface area contributed by atoms with Crippen molar-refractivity contribution in [2.24, 2.45) is 5.73 Å². The van der Waals surface area contributed by atoms with Crippen molar-refractivity contribution in [2.75, 3.05) is 6.61 Å². The van der Waals surface area contributed by atoms with Gasteiger partial charge >= 0.3 is 0 Å². The average Bonchev–Trinajstić information content (AvgIpc) is 2.08. The second-order valence-corrected chi connectivity index (χ2v) is 2.95. The zero-order valence-electron chi connectivity index (χ0n) is 6.04. The molecule has 0 aliphatic heterocycles. The minimum atomic E-state index is -0.564. The molecule has 1 heterocycles. The third-order valence-corrected chi connectivity index (χ3v) is 1.82. The number of nitrogens with two attached hydrogens (primary N) is 1. The molecule has 0 saturated heterocycles. The number of hydrogen-bond donors (Lipinski definition) is 2. The third-order valence-electron chi connectivity index (χ3n) is 1.34. The predicted octanol–water partition coefficient (Wildman–Crippen LogP) is 0.775. The van der Waals surface area contributed by atoms with Crippen molar-refractivity contribution in [3.8, 4) is 0 Å². The van der Waals surface area contributed by atoms with Crippen LogP contribution in [0.2, 0.25) is 10.3 Å². The summed E-state index contributed by atoms with van der Waals surface area (Å²) in [5, 5.41) is 16.1. The first kappa shape index (κ1) is 9.67. The third kappa shape index (κ3) is 2.04. The van der Waals surface area contributed by atoms with Crippen molar-refractivity contribution in [1.29, 1.82) is 0 Å².